The zero-order valence-corrected chi connectivity index (χ0v) is 15.2. The molecule has 0 saturated heterocycles. The summed E-state index contributed by atoms with van der Waals surface area (Å²) in [5.74, 6) is -1.89. The summed E-state index contributed by atoms with van der Waals surface area (Å²) in [7, 11) is 2.44. The third kappa shape index (κ3) is 4.95. The molecule has 0 aromatic heterocycles. The first kappa shape index (κ1) is 20.2. The van der Waals surface area contributed by atoms with Crippen LogP contribution in [0.1, 0.15) is 20.7 Å². The van der Waals surface area contributed by atoms with Gasteiger partial charge in [0, 0.05) is 11.9 Å². The Morgan fingerprint density at radius 2 is 1.68 bits per heavy atom. The average molecular weight is 379 g/mol. The molecule has 8 heteroatoms. The number of anilines is 2. The van der Waals surface area contributed by atoms with Gasteiger partial charge in [0.15, 0.2) is 0 Å². The van der Waals surface area contributed by atoms with Gasteiger partial charge in [-0.05, 0) is 30.3 Å². The highest BCUT2D eigenvalue weighted by Gasteiger charge is 2.16. The van der Waals surface area contributed by atoms with Gasteiger partial charge in [0.1, 0.15) is 11.6 Å². The van der Waals surface area contributed by atoms with E-state index in [1.807, 2.05) is 0 Å². The van der Waals surface area contributed by atoms with Crippen LogP contribution in [-0.4, -0.2) is 32.1 Å². The van der Waals surface area contributed by atoms with E-state index in [1.54, 1.807) is 36.4 Å². The lowest BCUT2D eigenvalue weighted by Crippen LogP contribution is -2.15. The van der Waals surface area contributed by atoms with E-state index in [1.165, 1.54) is 32.4 Å². The van der Waals surface area contributed by atoms with Crippen LogP contribution in [0.2, 0.25) is 0 Å². The first-order chi connectivity index (χ1) is 13.5. The van der Waals surface area contributed by atoms with Crippen molar-refractivity contribution in [2.24, 2.45) is 0 Å². The van der Waals surface area contributed by atoms with Crippen LogP contribution < -0.4 is 10.6 Å². The van der Waals surface area contributed by atoms with Crippen LogP contribution in [0, 0.1) is 11.3 Å². The van der Waals surface area contributed by atoms with Crippen molar-refractivity contribution in [2.75, 3.05) is 24.9 Å². The predicted molar refractivity (Wildman–Crippen MR) is 102 cm³/mol. The van der Waals surface area contributed by atoms with Crippen molar-refractivity contribution in [1.82, 2.24) is 0 Å². The molecule has 142 valence electrons. The lowest BCUT2D eigenvalue weighted by Gasteiger charge is -2.10. The molecule has 0 heterocycles. The summed E-state index contributed by atoms with van der Waals surface area (Å²) in [5, 5.41) is 14.6. The van der Waals surface area contributed by atoms with E-state index < -0.39 is 17.8 Å². The van der Waals surface area contributed by atoms with Gasteiger partial charge < -0.3 is 20.1 Å². The number of hydrogen-bond acceptors (Lipinski definition) is 7. The van der Waals surface area contributed by atoms with E-state index in [9.17, 15) is 19.6 Å². The Morgan fingerprint density at radius 3 is 2.29 bits per heavy atom. The first-order valence-electron chi connectivity index (χ1n) is 8.04. The number of rotatable bonds is 6. The summed E-state index contributed by atoms with van der Waals surface area (Å²) < 4.78 is 9.36. The second kappa shape index (κ2) is 9.54. The van der Waals surface area contributed by atoms with Crippen LogP contribution in [0.4, 0.5) is 11.4 Å². The summed E-state index contributed by atoms with van der Waals surface area (Å²) in [6, 6.07) is 14.6. The summed E-state index contributed by atoms with van der Waals surface area (Å²) in [4.78, 5) is 35.9. The number of nitriles is 1. The lowest BCUT2D eigenvalue weighted by atomic mass is 10.1. The highest BCUT2D eigenvalue weighted by Crippen LogP contribution is 2.20. The predicted octanol–water partition coefficient (Wildman–Crippen LogP) is 2.72. The number of hydrogen-bond donors (Lipinski definition) is 2. The minimum absolute atomic E-state index is 0.118. The third-order valence-electron chi connectivity index (χ3n) is 3.61. The van der Waals surface area contributed by atoms with Gasteiger partial charge >= 0.3 is 11.9 Å². The Morgan fingerprint density at radius 1 is 1.00 bits per heavy atom. The molecule has 28 heavy (non-hydrogen) atoms. The van der Waals surface area contributed by atoms with Crippen molar-refractivity contribution in [3.05, 3.63) is 71.4 Å². The SMILES string of the molecule is COC(=O)c1ccc(C(=O)OC)c(N/C=C(\C#N)C(=O)Nc2ccccc2)c1. The van der Waals surface area contributed by atoms with Crippen molar-refractivity contribution >= 4 is 29.2 Å². The first-order valence-corrected chi connectivity index (χ1v) is 8.04. The number of nitrogens with zero attached hydrogens (tertiary/aromatic N) is 1. The van der Waals surface area contributed by atoms with Gasteiger partial charge in [-0.15, -0.1) is 0 Å². The molecule has 2 aromatic carbocycles. The Labute approximate surface area is 161 Å². The van der Waals surface area contributed by atoms with Crippen LogP contribution >= 0.6 is 0 Å². The van der Waals surface area contributed by atoms with Crippen LogP contribution in [0.3, 0.4) is 0 Å². The Balaban J connectivity index is 2.30. The van der Waals surface area contributed by atoms with Crippen molar-refractivity contribution in [3.8, 4) is 6.07 Å². The average Bonchev–Trinajstić information content (AvgIpc) is 2.73. The monoisotopic (exact) mass is 379 g/mol. The summed E-state index contributed by atoms with van der Waals surface area (Å²) in [6.07, 6.45) is 1.14. The van der Waals surface area contributed by atoms with Gasteiger partial charge in [0.05, 0.1) is 31.0 Å². The minimum atomic E-state index is -0.653. The normalized spacial score (nSPS) is 10.4. The highest BCUT2D eigenvalue weighted by molar-refractivity contribution is 6.07. The molecule has 0 aliphatic carbocycles. The number of ether oxygens (including phenoxy) is 2. The molecule has 2 rings (SSSR count). The van der Waals surface area contributed by atoms with Crippen LogP contribution in [0.15, 0.2) is 60.3 Å². The van der Waals surface area contributed by atoms with Crippen molar-refractivity contribution < 1.29 is 23.9 Å². The smallest absolute Gasteiger partial charge is 0.339 e. The van der Waals surface area contributed by atoms with Gasteiger partial charge in [0.25, 0.3) is 5.91 Å². The number of esters is 2. The fourth-order valence-corrected chi connectivity index (χ4v) is 2.21. The maximum absolute atomic E-state index is 12.3. The number of para-hydroxylation sites is 1. The zero-order valence-electron chi connectivity index (χ0n) is 15.2. The molecule has 0 aliphatic heterocycles. The van der Waals surface area contributed by atoms with Crippen molar-refractivity contribution in [2.45, 2.75) is 0 Å². The van der Waals surface area contributed by atoms with Crippen LogP contribution in [0.5, 0.6) is 0 Å². The second-order valence-electron chi connectivity index (χ2n) is 5.38. The van der Waals surface area contributed by atoms with Crippen LogP contribution in [-0.2, 0) is 14.3 Å². The van der Waals surface area contributed by atoms with Gasteiger partial charge in [-0.3, -0.25) is 4.79 Å². The number of carbonyl (C=O) groups excluding carboxylic acids is 3. The number of nitrogens with one attached hydrogen (secondary N) is 2. The number of carbonyl (C=O) groups is 3. The molecule has 0 aliphatic rings. The molecule has 0 fully saturated rings. The van der Waals surface area contributed by atoms with Gasteiger partial charge in [-0.25, -0.2) is 9.59 Å². The molecule has 0 bridgehead atoms. The van der Waals surface area contributed by atoms with E-state index in [0.717, 1.165) is 6.20 Å². The standard InChI is InChI=1S/C20H17N3O5/c1-27-19(25)13-8-9-16(20(26)28-2)17(10-13)22-12-14(11-21)18(24)23-15-6-4-3-5-7-15/h3-10,12,22H,1-2H3,(H,23,24)/b14-12+. The van der Waals surface area contributed by atoms with E-state index in [2.05, 4.69) is 15.4 Å². The maximum atomic E-state index is 12.3. The van der Waals surface area contributed by atoms with Crippen LogP contribution in [0.25, 0.3) is 0 Å². The largest absolute Gasteiger partial charge is 0.465 e. The summed E-state index contributed by atoms with van der Waals surface area (Å²) in [5.41, 5.74) is 0.764. The van der Waals surface area contributed by atoms with E-state index >= 15 is 0 Å². The van der Waals surface area contributed by atoms with Gasteiger partial charge in [-0.1, -0.05) is 18.2 Å². The highest BCUT2D eigenvalue weighted by atomic mass is 16.5. The van der Waals surface area contributed by atoms with Crippen molar-refractivity contribution in [1.29, 1.82) is 5.26 Å². The fraction of sp³-hybridized carbons (Fsp3) is 0.100. The topological polar surface area (TPSA) is 118 Å². The van der Waals surface area contributed by atoms with Gasteiger partial charge in [-0.2, -0.15) is 5.26 Å². The van der Waals surface area contributed by atoms with Gasteiger partial charge in [0.2, 0.25) is 0 Å². The molecule has 0 unspecified atom stereocenters. The molecule has 8 nitrogen and oxygen atoms in total. The number of benzene rings is 2. The van der Waals surface area contributed by atoms with E-state index in [4.69, 9.17) is 4.74 Å². The molecular weight excluding hydrogens is 362 g/mol. The maximum Gasteiger partial charge on any atom is 0.339 e. The van der Waals surface area contributed by atoms with Crippen molar-refractivity contribution in [3.63, 3.8) is 0 Å². The molecule has 2 aromatic rings. The Kier molecular flexibility index (Phi) is 6.88. The lowest BCUT2D eigenvalue weighted by molar-refractivity contribution is -0.112. The number of amides is 1. The Hall–Kier alpha value is -4.12. The fourth-order valence-electron chi connectivity index (χ4n) is 2.21. The molecular formula is C20H17N3O5. The Bertz CT molecular complexity index is 962. The zero-order chi connectivity index (χ0) is 20.5. The summed E-state index contributed by atoms with van der Waals surface area (Å²) in [6.45, 7) is 0. The molecule has 0 spiro atoms. The molecule has 0 radical (unpaired) electrons. The minimum Gasteiger partial charge on any atom is -0.465 e. The molecule has 0 saturated carbocycles. The van der Waals surface area contributed by atoms with E-state index in [-0.39, 0.29) is 22.4 Å². The van der Waals surface area contributed by atoms with E-state index in [0.29, 0.717) is 5.69 Å². The second-order valence-corrected chi connectivity index (χ2v) is 5.38. The molecule has 0 atom stereocenters. The number of methoxy groups -OCH3 is 2. The quantitative estimate of drug-likeness (QED) is 0.450. The third-order valence-corrected chi connectivity index (χ3v) is 3.61. The summed E-state index contributed by atoms with van der Waals surface area (Å²) >= 11 is 0. The molecule has 1 amide bonds. The molecule has 2 N–H and O–H groups in total.